The highest BCUT2D eigenvalue weighted by Crippen LogP contribution is 2.19. The second kappa shape index (κ2) is 8.67. The minimum atomic E-state index is -3.69. The second-order valence-corrected chi connectivity index (χ2v) is 6.38. The predicted molar refractivity (Wildman–Crippen MR) is 81.5 cm³/mol. The smallest absolute Gasteiger partial charge is 0.244 e. The van der Waals surface area contributed by atoms with Crippen LogP contribution >= 0.6 is 0 Å². The molecule has 6 heteroatoms. The third-order valence-corrected chi connectivity index (χ3v) is 4.70. The van der Waals surface area contributed by atoms with E-state index in [2.05, 4.69) is 12.8 Å². The molecular weight excluding hydrogens is 290 g/mol. The van der Waals surface area contributed by atoms with Crippen LogP contribution < -0.4 is 4.74 Å². The van der Waals surface area contributed by atoms with E-state index < -0.39 is 10.0 Å². The number of sulfonamides is 1. The normalized spacial score (nSPS) is 11.3. The maximum Gasteiger partial charge on any atom is 0.244 e. The Labute approximate surface area is 126 Å². The van der Waals surface area contributed by atoms with Crippen LogP contribution in [0.5, 0.6) is 5.75 Å². The van der Waals surface area contributed by atoms with Crippen molar-refractivity contribution >= 4 is 10.0 Å². The summed E-state index contributed by atoms with van der Waals surface area (Å²) in [5, 5.41) is 8.94. The minimum Gasteiger partial charge on any atom is -0.494 e. The van der Waals surface area contributed by atoms with Crippen molar-refractivity contribution < 1.29 is 18.3 Å². The van der Waals surface area contributed by atoms with E-state index in [9.17, 15) is 8.42 Å². The Balaban J connectivity index is 2.85. The zero-order valence-corrected chi connectivity index (χ0v) is 13.0. The molecule has 0 aromatic heterocycles. The molecule has 0 amide bonds. The van der Waals surface area contributed by atoms with E-state index in [4.69, 9.17) is 16.3 Å². The number of aliphatic hydroxyl groups is 1. The zero-order valence-electron chi connectivity index (χ0n) is 12.2. The molecule has 0 radical (unpaired) electrons. The fourth-order valence-corrected chi connectivity index (χ4v) is 3.03. The Morgan fingerprint density at radius 3 is 2.52 bits per heavy atom. The summed E-state index contributed by atoms with van der Waals surface area (Å²) >= 11 is 0. The Kier molecular flexibility index (Phi) is 7.23. The number of terminal acetylenes is 1. The van der Waals surface area contributed by atoms with Crippen LogP contribution in [0.25, 0.3) is 0 Å². The lowest BCUT2D eigenvalue weighted by Crippen LogP contribution is -2.33. The third kappa shape index (κ3) is 5.05. The quantitative estimate of drug-likeness (QED) is 0.554. The average molecular weight is 311 g/mol. The fourth-order valence-electron chi connectivity index (χ4n) is 1.69. The summed E-state index contributed by atoms with van der Waals surface area (Å²) in [6.07, 6.45) is 7.16. The van der Waals surface area contributed by atoms with Crippen LogP contribution in [-0.2, 0) is 10.0 Å². The molecule has 0 aliphatic carbocycles. The van der Waals surface area contributed by atoms with Gasteiger partial charge in [-0.1, -0.05) is 19.3 Å². The molecule has 1 aromatic carbocycles. The molecule has 0 heterocycles. The molecule has 1 N–H and O–H groups in total. The fraction of sp³-hybridized carbons (Fsp3) is 0.467. The Bertz CT molecular complexity index is 560. The third-order valence-electron chi connectivity index (χ3n) is 2.85. The summed E-state index contributed by atoms with van der Waals surface area (Å²) < 4.78 is 31.3. The van der Waals surface area contributed by atoms with Crippen molar-refractivity contribution in [3.8, 4) is 18.1 Å². The van der Waals surface area contributed by atoms with Crippen molar-refractivity contribution in [2.45, 2.75) is 24.7 Å². The number of nitrogens with zero attached hydrogens (tertiary/aromatic N) is 1. The van der Waals surface area contributed by atoms with Crippen molar-refractivity contribution in [3.63, 3.8) is 0 Å². The number of aliphatic hydroxyl groups excluding tert-OH is 1. The highest BCUT2D eigenvalue weighted by Gasteiger charge is 2.23. The first-order valence-electron chi connectivity index (χ1n) is 6.83. The number of rotatable bonds is 9. The minimum absolute atomic E-state index is 0.0265. The van der Waals surface area contributed by atoms with Gasteiger partial charge >= 0.3 is 0 Å². The predicted octanol–water partition coefficient (Wildman–Crippen LogP) is 1.48. The van der Waals surface area contributed by atoms with Gasteiger partial charge in [-0.15, -0.1) is 6.42 Å². The SMILES string of the molecule is C#CCN(CCO)S(=O)(=O)c1ccc(OCCCC)cc1. The molecule has 5 nitrogen and oxygen atoms in total. The molecule has 0 bridgehead atoms. The number of hydrogen-bond donors (Lipinski definition) is 1. The second-order valence-electron chi connectivity index (χ2n) is 4.44. The van der Waals surface area contributed by atoms with Gasteiger partial charge in [-0.25, -0.2) is 8.42 Å². The summed E-state index contributed by atoms with van der Waals surface area (Å²) in [6.45, 7) is 2.30. The Morgan fingerprint density at radius 1 is 1.33 bits per heavy atom. The molecule has 0 unspecified atom stereocenters. The van der Waals surface area contributed by atoms with Gasteiger partial charge in [-0.2, -0.15) is 4.31 Å². The number of ether oxygens (including phenoxy) is 1. The highest BCUT2D eigenvalue weighted by molar-refractivity contribution is 7.89. The lowest BCUT2D eigenvalue weighted by molar-refractivity contribution is 0.261. The van der Waals surface area contributed by atoms with E-state index in [1.807, 2.05) is 0 Å². The van der Waals surface area contributed by atoms with E-state index in [1.165, 1.54) is 12.1 Å². The van der Waals surface area contributed by atoms with Crippen LogP contribution in [0.2, 0.25) is 0 Å². The van der Waals surface area contributed by atoms with Gasteiger partial charge in [-0.05, 0) is 30.7 Å². The van der Waals surface area contributed by atoms with Gasteiger partial charge in [0.15, 0.2) is 0 Å². The van der Waals surface area contributed by atoms with E-state index in [1.54, 1.807) is 12.1 Å². The maximum absolute atomic E-state index is 12.4. The van der Waals surface area contributed by atoms with E-state index in [0.717, 1.165) is 17.1 Å². The van der Waals surface area contributed by atoms with Gasteiger partial charge in [0, 0.05) is 6.54 Å². The molecule has 0 aliphatic rings. The van der Waals surface area contributed by atoms with Crippen LogP contribution in [0.3, 0.4) is 0 Å². The van der Waals surface area contributed by atoms with Crippen LogP contribution in [0.4, 0.5) is 0 Å². The summed E-state index contributed by atoms with van der Waals surface area (Å²) in [6, 6.07) is 6.21. The Hall–Kier alpha value is -1.55. The van der Waals surface area contributed by atoms with Crippen LogP contribution in [-0.4, -0.2) is 44.1 Å². The molecular formula is C15H21NO4S. The van der Waals surface area contributed by atoms with Gasteiger partial charge in [-0.3, -0.25) is 0 Å². The molecule has 116 valence electrons. The summed E-state index contributed by atoms with van der Waals surface area (Å²) in [4.78, 5) is 0.133. The molecule has 1 aromatic rings. The van der Waals surface area contributed by atoms with Gasteiger partial charge in [0.1, 0.15) is 5.75 Å². The van der Waals surface area contributed by atoms with Crippen LogP contribution in [0, 0.1) is 12.3 Å². The van der Waals surface area contributed by atoms with Crippen LogP contribution in [0.15, 0.2) is 29.2 Å². The molecule has 0 aliphatic heterocycles. The highest BCUT2D eigenvalue weighted by atomic mass is 32.2. The standard InChI is InChI=1S/C15H21NO4S/c1-3-5-13-20-14-6-8-15(9-7-14)21(18,19)16(10-4-2)11-12-17/h2,6-9,17H,3,5,10-13H2,1H3. The van der Waals surface area contributed by atoms with Gasteiger partial charge in [0.25, 0.3) is 0 Å². The van der Waals surface area contributed by atoms with Gasteiger partial charge in [0.2, 0.25) is 10.0 Å². The van der Waals surface area contributed by atoms with Crippen molar-refractivity contribution in [2.24, 2.45) is 0 Å². The molecule has 1 rings (SSSR count). The number of hydrogen-bond acceptors (Lipinski definition) is 4. The van der Waals surface area contributed by atoms with Gasteiger partial charge < -0.3 is 9.84 Å². The van der Waals surface area contributed by atoms with E-state index in [-0.39, 0.29) is 24.6 Å². The summed E-state index contributed by atoms with van der Waals surface area (Å²) in [5.41, 5.74) is 0. The first-order valence-corrected chi connectivity index (χ1v) is 8.27. The lowest BCUT2D eigenvalue weighted by Gasteiger charge is -2.18. The van der Waals surface area contributed by atoms with Crippen LogP contribution in [0.1, 0.15) is 19.8 Å². The topological polar surface area (TPSA) is 66.8 Å². The monoisotopic (exact) mass is 311 g/mol. The van der Waals surface area contributed by atoms with Gasteiger partial charge in [0.05, 0.1) is 24.7 Å². The average Bonchev–Trinajstić information content (AvgIpc) is 2.48. The van der Waals surface area contributed by atoms with E-state index >= 15 is 0 Å². The number of unbranched alkanes of at least 4 members (excludes halogenated alkanes) is 1. The molecule has 0 fully saturated rings. The number of benzene rings is 1. The molecule has 0 spiro atoms. The molecule has 0 atom stereocenters. The molecule has 0 saturated heterocycles. The zero-order chi connectivity index (χ0) is 15.7. The first-order chi connectivity index (χ1) is 10.1. The van der Waals surface area contributed by atoms with Crippen molar-refractivity contribution in [3.05, 3.63) is 24.3 Å². The Morgan fingerprint density at radius 2 is 2.00 bits per heavy atom. The molecule has 21 heavy (non-hydrogen) atoms. The summed E-state index contributed by atoms with van der Waals surface area (Å²) in [7, 11) is -3.69. The van der Waals surface area contributed by atoms with Crippen molar-refractivity contribution in [1.29, 1.82) is 0 Å². The molecule has 0 saturated carbocycles. The van der Waals surface area contributed by atoms with E-state index in [0.29, 0.717) is 12.4 Å². The largest absolute Gasteiger partial charge is 0.494 e. The van der Waals surface area contributed by atoms with Crippen molar-refractivity contribution in [1.82, 2.24) is 4.31 Å². The maximum atomic E-state index is 12.4. The first kappa shape index (κ1) is 17.5. The lowest BCUT2D eigenvalue weighted by atomic mass is 10.3. The van der Waals surface area contributed by atoms with Crippen molar-refractivity contribution in [2.75, 3.05) is 26.3 Å². The summed E-state index contributed by atoms with van der Waals surface area (Å²) in [5.74, 6) is 2.92.